The van der Waals surface area contributed by atoms with Crippen LogP contribution in [0.5, 0.6) is 0 Å². The molecule has 0 heterocycles. The molecule has 2 aliphatic carbocycles. The number of aliphatic hydroxyl groups excluding tert-OH is 2. The van der Waals surface area contributed by atoms with Crippen molar-refractivity contribution in [1.29, 1.82) is 0 Å². The molecule has 0 unspecified atom stereocenters. The van der Waals surface area contributed by atoms with Crippen LogP contribution in [-0.2, 0) is 0 Å². The van der Waals surface area contributed by atoms with Gasteiger partial charge in [-0.2, -0.15) is 0 Å². The zero-order chi connectivity index (χ0) is 13.8. The molecule has 1 amide bonds. The minimum atomic E-state index is -1.12. The summed E-state index contributed by atoms with van der Waals surface area (Å²) in [6.07, 6.45) is 5.43. The Labute approximate surface area is 114 Å². The first kappa shape index (κ1) is 14.6. The molecule has 110 valence electrons. The van der Waals surface area contributed by atoms with E-state index in [9.17, 15) is 15.0 Å². The van der Waals surface area contributed by atoms with E-state index in [1.54, 1.807) is 0 Å². The van der Waals surface area contributed by atoms with E-state index in [1.165, 1.54) is 19.3 Å². The molecule has 0 aromatic rings. The molecule has 0 aromatic carbocycles. The van der Waals surface area contributed by atoms with Crippen LogP contribution in [-0.4, -0.2) is 39.7 Å². The Morgan fingerprint density at radius 3 is 2.26 bits per heavy atom. The van der Waals surface area contributed by atoms with Crippen LogP contribution in [0.15, 0.2) is 0 Å². The van der Waals surface area contributed by atoms with Gasteiger partial charge in [-0.05, 0) is 31.1 Å². The summed E-state index contributed by atoms with van der Waals surface area (Å²) in [4.78, 5) is 10.9. The molecule has 0 aromatic heterocycles. The van der Waals surface area contributed by atoms with E-state index in [1.807, 2.05) is 0 Å². The Balaban J connectivity index is 1.91. The van der Waals surface area contributed by atoms with Gasteiger partial charge in [0.15, 0.2) is 0 Å². The number of rotatable bonds is 6. The molecule has 5 nitrogen and oxygen atoms in total. The van der Waals surface area contributed by atoms with Crippen LogP contribution in [0, 0.1) is 11.8 Å². The lowest BCUT2D eigenvalue weighted by molar-refractivity contribution is -0.0202. The van der Waals surface area contributed by atoms with Crippen molar-refractivity contribution in [3.05, 3.63) is 0 Å². The van der Waals surface area contributed by atoms with Crippen LogP contribution in [0.2, 0.25) is 0 Å². The standard InChI is InChI=1S/C14H25NO4/c16-12(10-6-7-10)13(17)11(15-14(18)19)8-9-4-2-1-3-5-9/h9-13,15-17H,1-8H2,(H,18,19)/t11-,12-,13+/m0/s1. The number of nitrogens with one attached hydrogen (secondary N) is 1. The molecule has 19 heavy (non-hydrogen) atoms. The Bertz CT molecular complexity index is 300. The maximum Gasteiger partial charge on any atom is 0.404 e. The van der Waals surface area contributed by atoms with Gasteiger partial charge in [0.25, 0.3) is 0 Å². The predicted molar refractivity (Wildman–Crippen MR) is 70.9 cm³/mol. The first-order valence-corrected chi connectivity index (χ1v) is 7.43. The monoisotopic (exact) mass is 271 g/mol. The first-order chi connectivity index (χ1) is 9.08. The van der Waals surface area contributed by atoms with Gasteiger partial charge in [0.2, 0.25) is 0 Å². The van der Waals surface area contributed by atoms with Gasteiger partial charge in [0.1, 0.15) is 6.10 Å². The summed E-state index contributed by atoms with van der Waals surface area (Å²) in [6, 6.07) is -0.545. The second kappa shape index (κ2) is 6.57. The van der Waals surface area contributed by atoms with Crippen molar-refractivity contribution in [2.75, 3.05) is 0 Å². The molecule has 2 saturated carbocycles. The number of carbonyl (C=O) groups is 1. The molecular weight excluding hydrogens is 246 g/mol. The van der Waals surface area contributed by atoms with E-state index in [0.717, 1.165) is 25.7 Å². The minimum Gasteiger partial charge on any atom is -0.465 e. The second-order valence-electron chi connectivity index (χ2n) is 6.11. The fourth-order valence-electron chi connectivity index (χ4n) is 3.18. The van der Waals surface area contributed by atoms with Gasteiger partial charge in [-0.25, -0.2) is 4.79 Å². The third kappa shape index (κ3) is 4.35. The summed E-state index contributed by atoms with van der Waals surface area (Å²) in [6.45, 7) is 0. The normalized spacial score (nSPS) is 25.6. The van der Waals surface area contributed by atoms with E-state index >= 15 is 0 Å². The molecule has 2 aliphatic rings. The summed E-state index contributed by atoms with van der Waals surface area (Å²) < 4.78 is 0. The van der Waals surface area contributed by atoms with Gasteiger partial charge in [-0.3, -0.25) is 0 Å². The van der Waals surface area contributed by atoms with Gasteiger partial charge in [0.05, 0.1) is 12.1 Å². The SMILES string of the molecule is O=C(O)N[C@@H](CC1CCCCC1)[C@@H](O)[C@@H](O)C1CC1. The lowest BCUT2D eigenvalue weighted by Crippen LogP contribution is -2.49. The van der Waals surface area contributed by atoms with Crippen LogP contribution in [0.4, 0.5) is 4.79 Å². The van der Waals surface area contributed by atoms with Crippen LogP contribution in [0.25, 0.3) is 0 Å². The molecule has 2 rings (SSSR count). The number of carboxylic acid groups (broad SMARTS) is 1. The van der Waals surface area contributed by atoms with E-state index in [-0.39, 0.29) is 5.92 Å². The average molecular weight is 271 g/mol. The summed E-state index contributed by atoms with van der Waals surface area (Å²) >= 11 is 0. The smallest absolute Gasteiger partial charge is 0.404 e. The topological polar surface area (TPSA) is 89.8 Å². The highest BCUT2D eigenvalue weighted by atomic mass is 16.4. The number of hydrogen-bond donors (Lipinski definition) is 4. The molecular formula is C14H25NO4. The number of amides is 1. The molecule has 0 bridgehead atoms. The molecule has 0 radical (unpaired) electrons. The molecule has 2 fully saturated rings. The number of hydrogen-bond acceptors (Lipinski definition) is 3. The average Bonchev–Trinajstić information content (AvgIpc) is 3.21. The van der Waals surface area contributed by atoms with Crippen molar-refractivity contribution >= 4 is 6.09 Å². The highest BCUT2D eigenvalue weighted by molar-refractivity contribution is 5.64. The lowest BCUT2D eigenvalue weighted by Gasteiger charge is -2.31. The fraction of sp³-hybridized carbons (Fsp3) is 0.929. The largest absolute Gasteiger partial charge is 0.465 e. The highest BCUT2D eigenvalue weighted by Gasteiger charge is 2.39. The van der Waals surface area contributed by atoms with E-state index in [2.05, 4.69) is 5.32 Å². The minimum absolute atomic E-state index is 0.152. The van der Waals surface area contributed by atoms with E-state index < -0.39 is 24.3 Å². The Morgan fingerprint density at radius 1 is 1.11 bits per heavy atom. The first-order valence-electron chi connectivity index (χ1n) is 7.43. The molecule has 4 N–H and O–H groups in total. The van der Waals surface area contributed by atoms with E-state index in [4.69, 9.17) is 5.11 Å². The van der Waals surface area contributed by atoms with Crippen molar-refractivity contribution in [3.63, 3.8) is 0 Å². The van der Waals surface area contributed by atoms with Crippen LogP contribution >= 0.6 is 0 Å². The summed E-state index contributed by atoms with van der Waals surface area (Å²) in [5.41, 5.74) is 0. The maximum atomic E-state index is 10.9. The van der Waals surface area contributed by atoms with Crippen LogP contribution in [0.1, 0.15) is 51.4 Å². The molecule has 3 atom stereocenters. The zero-order valence-corrected chi connectivity index (χ0v) is 11.3. The Kier molecular flexibility index (Phi) is 5.05. The van der Waals surface area contributed by atoms with Gasteiger partial charge < -0.3 is 20.6 Å². The number of aliphatic hydroxyl groups is 2. The van der Waals surface area contributed by atoms with Gasteiger partial charge in [-0.15, -0.1) is 0 Å². The van der Waals surface area contributed by atoms with Gasteiger partial charge in [-0.1, -0.05) is 32.1 Å². The molecule has 5 heteroatoms. The summed E-state index contributed by atoms with van der Waals surface area (Å²) in [7, 11) is 0. The quantitative estimate of drug-likeness (QED) is 0.592. The molecule has 0 spiro atoms. The Hall–Kier alpha value is -0.810. The molecule has 0 aliphatic heterocycles. The van der Waals surface area contributed by atoms with Crippen molar-refractivity contribution in [3.8, 4) is 0 Å². The van der Waals surface area contributed by atoms with Gasteiger partial charge in [0, 0.05) is 0 Å². The maximum absolute atomic E-state index is 10.9. The van der Waals surface area contributed by atoms with E-state index in [0.29, 0.717) is 12.3 Å². The third-order valence-electron chi connectivity index (χ3n) is 4.49. The second-order valence-corrected chi connectivity index (χ2v) is 6.11. The molecule has 0 saturated heterocycles. The van der Waals surface area contributed by atoms with Crippen molar-refractivity contribution < 1.29 is 20.1 Å². The van der Waals surface area contributed by atoms with Crippen LogP contribution < -0.4 is 5.32 Å². The third-order valence-corrected chi connectivity index (χ3v) is 4.49. The van der Waals surface area contributed by atoms with Crippen molar-refractivity contribution in [1.82, 2.24) is 5.32 Å². The van der Waals surface area contributed by atoms with Crippen LogP contribution in [0.3, 0.4) is 0 Å². The summed E-state index contributed by atoms with van der Waals surface area (Å²) in [5, 5.41) is 31.5. The van der Waals surface area contributed by atoms with Gasteiger partial charge >= 0.3 is 6.09 Å². The van der Waals surface area contributed by atoms with Crippen molar-refractivity contribution in [2.24, 2.45) is 11.8 Å². The summed E-state index contributed by atoms with van der Waals surface area (Å²) in [5.74, 6) is 0.617. The predicted octanol–water partition coefficient (Wildman–Crippen LogP) is 1.72. The Morgan fingerprint density at radius 2 is 1.74 bits per heavy atom. The highest BCUT2D eigenvalue weighted by Crippen LogP contribution is 2.36. The lowest BCUT2D eigenvalue weighted by atomic mass is 9.83. The van der Waals surface area contributed by atoms with Crippen molar-refractivity contribution in [2.45, 2.75) is 69.6 Å². The zero-order valence-electron chi connectivity index (χ0n) is 11.3. The fourth-order valence-corrected chi connectivity index (χ4v) is 3.18.